The van der Waals surface area contributed by atoms with Gasteiger partial charge in [-0.25, -0.2) is 0 Å². The summed E-state index contributed by atoms with van der Waals surface area (Å²) in [5, 5.41) is 3.79. The Kier molecular flexibility index (Phi) is 21.4. The predicted octanol–water partition coefficient (Wildman–Crippen LogP) is 7.83. The molecule has 0 aromatic rings. The number of rotatable bonds is 14. The van der Waals surface area contributed by atoms with Gasteiger partial charge in [0.05, 0.1) is 39.4 Å². The lowest BCUT2D eigenvalue weighted by atomic mass is 9.96. The molecular weight excluding hydrogens is 534 g/mol. The maximum absolute atomic E-state index is 5.40. The van der Waals surface area contributed by atoms with Gasteiger partial charge in [0.15, 0.2) is 11.8 Å². The normalized spacial score (nSPS) is 20.5. The Labute approximate surface area is 268 Å². The lowest BCUT2D eigenvalue weighted by Gasteiger charge is -2.41. The number of nitrogens with zero attached hydrogens (tertiary/aromatic N) is 5. The number of likely N-dealkylation sites (N-methyl/N-ethyl adjacent to an activating group) is 1. The van der Waals surface area contributed by atoms with E-state index in [1.54, 1.807) is 11.1 Å². The van der Waals surface area contributed by atoms with Crippen LogP contribution in [0.5, 0.6) is 0 Å². The molecule has 43 heavy (non-hydrogen) atoms. The molecule has 0 radical (unpaired) electrons. The number of hydrogen-bond acceptors (Lipinski definition) is 4. The van der Waals surface area contributed by atoms with E-state index in [4.69, 9.17) is 9.57 Å². The number of hydrogen-bond donors (Lipinski definition) is 0. The molecule has 4 aliphatic rings. The van der Waals surface area contributed by atoms with Crippen LogP contribution in [-0.2, 0) is 9.57 Å². The van der Waals surface area contributed by atoms with Gasteiger partial charge in [-0.15, -0.1) is 0 Å². The molecule has 0 unspecified atom stereocenters. The summed E-state index contributed by atoms with van der Waals surface area (Å²) < 4.78 is 10.1. The van der Waals surface area contributed by atoms with Crippen LogP contribution in [0.4, 0.5) is 0 Å². The Bertz CT molecular complexity index is 784. The fourth-order valence-electron chi connectivity index (χ4n) is 6.55. The summed E-state index contributed by atoms with van der Waals surface area (Å²) in [6.07, 6.45) is 12.9. The minimum Gasteiger partial charge on any atom is -0.370 e. The summed E-state index contributed by atoms with van der Waals surface area (Å²) in [6.45, 7) is 36.6. The predicted molar refractivity (Wildman–Crippen MR) is 183 cm³/mol. The van der Waals surface area contributed by atoms with Gasteiger partial charge in [0.25, 0.3) is 0 Å². The third-order valence-corrected chi connectivity index (χ3v) is 9.38. The lowest BCUT2D eigenvalue weighted by molar-refractivity contribution is -0.935. The van der Waals surface area contributed by atoms with Crippen molar-refractivity contribution in [3.8, 4) is 0 Å². The van der Waals surface area contributed by atoms with Crippen molar-refractivity contribution in [2.24, 2.45) is 5.28 Å². The van der Waals surface area contributed by atoms with Gasteiger partial charge >= 0.3 is 0 Å². The van der Waals surface area contributed by atoms with Crippen LogP contribution in [0.2, 0.25) is 0 Å². The fourth-order valence-corrected chi connectivity index (χ4v) is 6.55. The molecule has 0 bridgehead atoms. The first-order chi connectivity index (χ1) is 20.8. The fraction of sp³-hybridized carbons (Fsp3) is 0.889. The largest absolute Gasteiger partial charge is 0.370 e. The molecule has 0 N–H and O–H groups in total. The summed E-state index contributed by atoms with van der Waals surface area (Å²) in [4.78, 5) is 7.23. The number of morpholine rings is 1. The number of unbranched alkanes of at least 4 members (excludes halogenated alkanes) is 2. The minimum atomic E-state index is 0.746. The molecule has 2 fully saturated rings. The molecular formula is C36H74N5O2+3. The first kappa shape index (κ1) is 39.7. The minimum absolute atomic E-state index is 0.746. The van der Waals surface area contributed by atoms with Crippen molar-refractivity contribution < 1.29 is 23.2 Å². The Morgan fingerprint density at radius 1 is 0.744 bits per heavy atom. The first-order valence-corrected chi connectivity index (χ1v) is 18.2. The molecule has 0 spiro atoms. The van der Waals surface area contributed by atoms with E-state index < -0.39 is 0 Å². The maximum atomic E-state index is 5.40. The monoisotopic (exact) mass is 609 g/mol. The molecule has 0 atom stereocenters. The van der Waals surface area contributed by atoms with E-state index in [0.717, 1.165) is 32.1 Å². The molecule has 4 heterocycles. The van der Waals surface area contributed by atoms with Crippen LogP contribution in [-0.4, -0.2) is 117 Å². The Morgan fingerprint density at radius 3 is 1.74 bits per heavy atom. The van der Waals surface area contributed by atoms with Gasteiger partial charge in [0, 0.05) is 19.5 Å². The van der Waals surface area contributed by atoms with Crippen LogP contribution in [0.3, 0.4) is 0 Å². The van der Waals surface area contributed by atoms with Gasteiger partial charge in [-0.2, -0.15) is 0 Å². The molecule has 0 aromatic heterocycles. The molecule has 0 saturated carbocycles. The summed E-state index contributed by atoms with van der Waals surface area (Å²) in [5.41, 5.74) is 3.40. The van der Waals surface area contributed by atoms with Crippen molar-refractivity contribution in [3.05, 3.63) is 23.5 Å². The Hall–Kier alpha value is -1.28. The van der Waals surface area contributed by atoms with Gasteiger partial charge in [-0.05, 0) is 52.0 Å². The standard InChI is InChI=1S/C10H22NO.C10H19N.C9H20N.C7H13N2O/c1-3-5-11(6-4-2)7-9-12-10-8-11;1-4-9-6-7-11(3)8-10(9)5-2;1-3-5-7-10(6-4-2)8-9-10;1-3-4-5-9-6-7(2)10-8-9/h3-10H2,1-2H3;4-8H2,1-3H3;3-9H2,1-2H3;2-6H2,1H3/q+1;;2*+1. The zero-order valence-electron chi connectivity index (χ0n) is 30.2. The topological polar surface area (TPSA) is 37.1 Å². The molecule has 4 rings (SSSR count). The number of quaternary nitrogens is 2. The van der Waals surface area contributed by atoms with E-state index >= 15 is 0 Å². The third-order valence-electron chi connectivity index (χ3n) is 9.38. The average molecular weight is 609 g/mol. The molecule has 7 heteroatoms. The lowest BCUT2D eigenvalue weighted by Crippen LogP contribution is -2.55. The van der Waals surface area contributed by atoms with Crippen molar-refractivity contribution in [1.82, 2.24) is 4.90 Å². The van der Waals surface area contributed by atoms with Crippen LogP contribution in [0.25, 0.3) is 0 Å². The highest BCUT2D eigenvalue weighted by Gasteiger charge is 2.39. The van der Waals surface area contributed by atoms with Crippen LogP contribution in [0, 0.1) is 0 Å². The summed E-state index contributed by atoms with van der Waals surface area (Å²) in [7, 11) is 2.21. The van der Waals surface area contributed by atoms with Gasteiger partial charge in [0.1, 0.15) is 26.2 Å². The molecule has 252 valence electrons. The summed E-state index contributed by atoms with van der Waals surface area (Å²) in [5.74, 6) is 0.746. The highest BCUT2D eigenvalue weighted by Crippen LogP contribution is 2.23. The smallest absolute Gasteiger partial charge is 0.231 e. The second kappa shape index (κ2) is 23.1. The SMILES string of the molecule is C=C1C[N+](CCCC)=NO1.CCC1=C(CC)CN(C)CC1.CCCC[N+]1(CCC)CC1.CCC[N+]1(CCC)CCOCC1. The Balaban J connectivity index is 0.000000287. The van der Waals surface area contributed by atoms with Crippen LogP contribution >= 0.6 is 0 Å². The van der Waals surface area contributed by atoms with E-state index in [1.807, 2.05) is 4.70 Å². The van der Waals surface area contributed by atoms with E-state index in [-0.39, 0.29) is 0 Å². The van der Waals surface area contributed by atoms with Crippen LogP contribution in [0.15, 0.2) is 28.8 Å². The van der Waals surface area contributed by atoms with E-state index in [9.17, 15) is 0 Å². The van der Waals surface area contributed by atoms with Crippen molar-refractivity contribution in [3.63, 3.8) is 0 Å². The van der Waals surface area contributed by atoms with Crippen molar-refractivity contribution in [1.29, 1.82) is 0 Å². The zero-order valence-corrected chi connectivity index (χ0v) is 30.2. The molecule has 0 aromatic carbocycles. The van der Waals surface area contributed by atoms with Gasteiger partial charge in [0.2, 0.25) is 12.3 Å². The second-order valence-electron chi connectivity index (χ2n) is 13.3. The quantitative estimate of drug-likeness (QED) is 0.0873. The van der Waals surface area contributed by atoms with Crippen LogP contribution in [0.1, 0.15) is 113 Å². The van der Waals surface area contributed by atoms with Crippen LogP contribution < -0.4 is 0 Å². The zero-order chi connectivity index (χ0) is 32.0. The van der Waals surface area contributed by atoms with E-state index in [0.29, 0.717) is 0 Å². The Morgan fingerprint density at radius 2 is 1.30 bits per heavy atom. The average Bonchev–Trinajstić information content (AvgIpc) is 3.66. The summed E-state index contributed by atoms with van der Waals surface area (Å²) >= 11 is 0. The molecule has 7 nitrogen and oxygen atoms in total. The van der Waals surface area contributed by atoms with Crippen molar-refractivity contribution in [2.45, 2.75) is 113 Å². The second-order valence-corrected chi connectivity index (χ2v) is 13.3. The molecule has 2 saturated heterocycles. The summed E-state index contributed by atoms with van der Waals surface area (Å²) in [6, 6.07) is 0. The maximum Gasteiger partial charge on any atom is 0.231 e. The molecule has 0 aliphatic carbocycles. The third kappa shape index (κ3) is 16.6. The molecule has 4 aliphatic heterocycles. The van der Waals surface area contributed by atoms with Gasteiger partial charge in [-0.3, -0.25) is 0 Å². The van der Waals surface area contributed by atoms with E-state index in [1.165, 1.54) is 139 Å². The number of ether oxygens (including phenoxy) is 1. The highest BCUT2D eigenvalue weighted by atomic mass is 16.7. The van der Waals surface area contributed by atoms with Crippen molar-refractivity contribution >= 4 is 0 Å². The van der Waals surface area contributed by atoms with E-state index in [2.05, 4.69) is 72.3 Å². The highest BCUT2D eigenvalue weighted by molar-refractivity contribution is 5.18. The van der Waals surface area contributed by atoms with Crippen molar-refractivity contribution in [2.75, 3.05) is 98.8 Å². The van der Waals surface area contributed by atoms with Gasteiger partial charge < -0.3 is 23.4 Å². The molecule has 0 amide bonds. The van der Waals surface area contributed by atoms with Gasteiger partial charge in [-0.1, -0.05) is 83.7 Å². The first-order valence-electron chi connectivity index (χ1n) is 18.2.